The summed E-state index contributed by atoms with van der Waals surface area (Å²) in [6.45, 7) is 3.95. The largest absolute Gasteiger partial charge is 0.283 e. The number of aromatic amines is 1. The molecule has 1 radical (unpaired) electrons. The quantitative estimate of drug-likeness (QED) is 0.480. The van der Waals surface area contributed by atoms with Gasteiger partial charge in [-0.15, -0.1) is 0 Å². The van der Waals surface area contributed by atoms with Crippen molar-refractivity contribution in [1.82, 2.24) is 10.2 Å². The first kappa shape index (κ1) is 7.81. The smallest absolute Gasteiger partial charge is 0.0593 e. The molecule has 2 nitrogen and oxygen atoms in total. The number of aromatic nitrogens is 2. The van der Waals surface area contributed by atoms with E-state index in [0.717, 1.165) is 11.4 Å². The molecule has 0 saturated heterocycles. The van der Waals surface area contributed by atoms with Crippen molar-refractivity contribution in [1.29, 1.82) is 0 Å². The minimum absolute atomic E-state index is 0. The summed E-state index contributed by atoms with van der Waals surface area (Å²) in [5.41, 5.74) is 2.18. The summed E-state index contributed by atoms with van der Waals surface area (Å²) in [7, 11) is 0. The van der Waals surface area contributed by atoms with Crippen molar-refractivity contribution in [2.45, 2.75) is 13.8 Å². The summed E-state index contributed by atoms with van der Waals surface area (Å²) in [5, 5.41) is 6.71. The zero-order valence-corrected chi connectivity index (χ0v) is 5.52. The van der Waals surface area contributed by atoms with Crippen molar-refractivity contribution in [2.24, 2.45) is 0 Å². The van der Waals surface area contributed by atoms with Crippen molar-refractivity contribution < 1.29 is 0 Å². The standard InChI is InChI=1S/C5H8N2.Li/c1-4-3-5(2)7-6-4;/h3H,1-2H3,(H,6,7);. The number of aryl methyl sites for hydroxylation is 2. The summed E-state index contributed by atoms with van der Waals surface area (Å²) >= 11 is 0. The number of nitrogens with one attached hydrogen (secondary N) is 1. The van der Waals surface area contributed by atoms with Gasteiger partial charge in [0, 0.05) is 24.6 Å². The first-order valence-electron chi connectivity index (χ1n) is 2.27. The van der Waals surface area contributed by atoms with Gasteiger partial charge in [0.2, 0.25) is 0 Å². The Bertz CT molecular complexity index is 143. The molecule has 0 bridgehead atoms. The molecule has 8 heavy (non-hydrogen) atoms. The van der Waals surface area contributed by atoms with Gasteiger partial charge in [0.25, 0.3) is 0 Å². The number of rotatable bonds is 0. The summed E-state index contributed by atoms with van der Waals surface area (Å²) in [6.07, 6.45) is 0. The fraction of sp³-hybridized carbons (Fsp3) is 0.400. The molecule has 0 saturated carbocycles. The second-order valence-electron chi connectivity index (χ2n) is 1.69. The fourth-order valence-corrected chi connectivity index (χ4v) is 0.554. The minimum atomic E-state index is 0. The number of hydrogen-bond acceptors (Lipinski definition) is 1. The van der Waals surface area contributed by atoms with E-state index in [1.807, 2.05) is 19.9 Å². The summed E-state index contributed by atoms with van der Waals surface area (Å²) in [5.74, 6) is 0. The maximum absolute atomic E-state index is 3.89. The van der Waals surface area contributed by atoms with Crippen LogP contribution in [0.1, 0.15) is 11.4 Å². The first-order valence-corrected chi connectivity index (χ1v) is 2.27. The molecule has 3 heteroatoms. The molecular weight excluding hydrogens is 95.0 g/mol. The molecule has 0 unspecified atom stereocenters. The molecule has 1 aromatic heterocycles. The van der Waals surface area contributed by atoms with E-state index in [-0.39, 0.29) is 18.9 Å². The van der Waals surface area contributed by atoms with Gasteiger partial charge in [-0.1, -0.05) is 0 Å². The van der Waals surface area contributed by atoms with E-state index in [2.05, 4.69) is 10.2 Å². The van der Waals surface area contributed by atoms with E-state index in [1.54, 1.807) is 0 Å². The Morgan fingerprint density at radius 3 is 2.25 bits per heavy atom. The van der Waals surface area contributed by atoms with Gasteiger partial charge in [0.1, 0.15) is 0 Å². The van der Waals surface area contributed by atoms with Crippen LogP contribution in [0.5, 0.6) is 0 Å². The van der Waals surface area contributed by atoms with Crippen LogP contribution in [0.3, 0.4) is 0 Å². The Balaban J connectivity index is 0.000000490. The zero-order valence-electron chi connectivity index (χ0n) is 5.52. The number of hydrogen-bond donors (Lipinski definition) is 1. The molecule has 0 aliphatic heterocycles. The van der Waals surface area contributed by atoms with E-state index < -0.39 is 0 Å². The molecule has 0 spiro atoms. The molecule has 39 valence electrons. The van der Waals surface area contributed by atoms with Crippen molar-refractivity contribution in [2.75, 3.05) is 0 Å². The second kappa shape index (κ2) is 2.96. The summed E-state index contributed by atoms with van der Waals surface area (Å²) < 4.78 is 0. The third-order valence-corrected chi connectivity index (χ3v) is 0.834. The van der Waals surface area contributed by atoms with Crippen LogP contribution in [0, 0.1) is 13.8 Å². The molecule has 1 aromatic rings. The second-order valence-corrected chi connectivity index (χ2v) is 1.69. The van der Waals surface area contributed by atoms with Crippen LogP contribution < -0.4 is 0 Å². The van der Waals surface area contributed by atoms with Crippen LogP contribution in [-0.4, -0.2) is 29.1 Å². The van der Waals surface area contributed by atoms with Gasteiger partial charge in [-0.25, -0.2) is 0 Å². The topological polar surface area (TPSA) is 28.7 Å². The Hall–Kier alpha value is -0.193. The van der Waals surface area contributed by atoms with E-state index >= 15 is 0 Å². The SMILES string of the molecule is Cc1cc(C)[nH]n1.[Li]. The zero-order chi connectivity index (χ0) is 5.28. The van der Waals surface area contributed by atoms with E-state index in [1.165, 1.54) is 0 Å². The Morgan fingerprint density at radius 2 is 2.12 bits per heavy atom. The van der Waals surface area contributed by atoms with E-state index in [9.17, 15) is 0 Å². The molecule has 0 fully saturated rings. The molecule has 1 heterocycles. The average molecular weight is 103 g/mol. The molecule has 0 amide bonds. The van der Waals surface area contributed by atoms with Gasteiger partial charge in [-0.2, -0.15) is 5.10 Å². The van der Waals surface area contributed by atoms with Crippen LogP contribution in [0.15, 0.2) is 6.07 Å². The van der Waals surface area contributed by atoms with Gasteiger partial charge in [-0.3, -0.25) is 5.10 Å². The Morgan fingerprint density at radius 1 is 1.50 bits per heavy atom. The Kier molecular flexibility index (Phi) is 2.89. The molecular formula is C5H8LiN2. The van der Waals surface area contributed by atoms with Crippen molar-refractivity contribution in [3.05, 3.63) is 17.5 Å². The molecule has 0 aromatic carbocycles. The van der Waals surface area contributed by atoms with Crippen LogP contribution in [-0.2, 0) is 0 Å². The predicted octanol–water partition coefficient (Wildman–Crippen LogP) is 0.646. The fourth-order valence-electron chi connectivity index (χ4n) is 0.554. The van der Waals surface area contributed by atoms with E-state index in [0.29, 0.717) is 0 Å². The molecule has 0 aliphatic carbocycles. The van der Waals surface area contributed by atoms with Gasteiger partial charge < -0.3 is 0 Å². The normalized spacial score (nSPS) is 8.25. The minimum Gasteiger partial charge on any atom is -0.283 e. The van der Waals surface area contributed by atoms with Gasteiger partial charge in [0.05, 0.1) is 5.69 Å². The first-order chi connectivity index (χ1) is 3.29. The van der Waals surface area contributed by atoms with Gasteiger partial charge >= 0.3 is 0 Å². The third-order valence-electron chi connectivity index (χ3n) is 0.834. The monoisotopic (exact) mass is 103 g/mol. The maximum atomic E-state index is 3.89. The predicted molar refractivity (Wildman–Crippen MR) is 33.8 cm³/mol. The van der Waals surface area contributed by atoms with Crippen molar-refractivity contribution >= 4 is 18.9 Å². The molecule has 0 aliphatic rings. The number of H-pyrrole nitrogens is 1. The number of nitrogens with zero attached hydrogens (tertiary/aromatic N) is 1. The summed E-state index contributed by atoms with van der Waals surface area (Å²) in [4.78, 5) is 0. The van der Waals surface area contributed by atoms with Crippen LogP contribution >= 0.6 is 0 Å². The molecule has 0 atom stereocenters. The summed E-state index contributed by atoms with van der Waals surface area (Å²) in [6, 6.07) is 2.00. The van der Waals surface area contributed by atoms with Gasteiger partial charge in [0.15, 0.2) is 0 Å². The van der Waals surface area contributed by atoms with Crippen LogP contribution in [0.4, 0.5) is 0 Å². The van der Waals surface area contributed by atoms with Crippen molar-refractivity contribution in [3.63, 3.8) is 0 Å². The maximum Gasteiger partial charge on any atom is 0.0593 e. The van der Waals surface area contributed by atoms with Crippen LogP contribution in [0.25, 0.3) is 0 Å². The molecule has 1 rings (SSSR count). The third kappa shape index (κ3) is 1.73. The average Bonchev–Trinajstić information content (AvgIpc) is 1.87. The Labute approximate surface area is 60.9 Å². The van der Waals surface area contributed by atoms with Crippen molar-refractivity contribution in [3.8, 4) is 0 Å². The van der Waals surface area contributed by atoms with Gasteiger partial charge in [-0.05, 0) is 19.9 Å². The van der Waals surface area contributed by atoms with Crippen LogP contribution in [0.2, 0.25) is 0 Å². The molecule has 1 N–H and O–H groups in total. The van der Waals surface area contributed by atoms with E-state index in [4.69, 9.17) is 0 Å².